The van der Waals surface area contributed by atoms with E-state index < -0.39 is 0 Å². The van der Waals surface area contributed by atoms with Gasteiger partial charge in [-0.15, -0.1) is 0 Å². The summed E-state index contributed by atoms with van der Waals surface area (Å²) in [5.41, 5.74) is 5.58. The van der Waals surface area contributed by atoms with E-state index in [-0.39, 0.29) is 0 Å². The minimum absolute atomic E-state index is 0.807. The molecule has 3 heterocycles. The molecule has 4 rings (SSSR count). The molecule has 1 aromatic heterocycles. The largest absolute Gasteiger partial charge is 0.489 e. The van der Waals surface area contributed by atoms with E-state index >= 15 is 0 Å². The summed E-state index contributed by atoms with van der Waals surface area (Å²) in [6.45, 7) is 6.04. The van der Waals surface area contributed by atoms with Gasteiger partial charge in [0.15, 0.2) is 0 Å². The Balaban J connectivity index is 2.16. The van der Waals surface area contributed by atoms with Gasteiger partial charge in [-0.25, -0.2) is 0 Å². The normalized spacial score (nSPS) is 17.9. The van der Waals surface area contributed by atoms with Gasteiger partial charge in [-0.2, -0.15) is 0 Å². The molecule has 0 saturated carbocycles. The van der Waals surface area contributed by atoms with Crippen molar-refractivity contribution >= 4 is 10.9 Å². The van der Waals surface area contributed by atoms with Gasteiger partial charge in [0.2, 0.25) is 0 Å². The Labute approximate surface area is 100 Å². The van der Waals surface area contributed by atoms with Gasteiger partial charge < -0.3 is 14.6 Å². The monoisotopic (exact) mass is 228 g/mol. The summed E-state index contributed by atoms with van der Waals surface area (Å²) in [5.74, 6) is 1.10. The Morgan fingerprint density at radius 2 is 2.29 bits per heavy atom. The molecule has 0 amide bonds. The summed E-state index contributed by atoms with van der Waals surface area (Å²) in [6, 6.07) is 4.44. The summed E-state index contributed by atoms with van der Waals surface area (Å²) >= 11 is 0. The van der Waals surface area contributed by atoms with E-state index in [0.29, 0.717) is 0 Å². The lowest BCUT2D eigenvalue weighted by Crippen LogP contribution is -2.25. The van der Waals surface area contributed by atoms with E-state index in [9.17, 15) is 0 Å². The summed E-state index contributed by atoms with van der Waals surface area (Å²) in [7, 11) is 0. The molecule has 0 atom stereocenters. The van der Waals surface area contributed by atoms with Crippen LogP contribution in [0, 0.1) is 6.92 Å². The summed E-state index contributed by atoms with van der Waals surface area (Å²) in [6.07, 6.45) is 1.14. The van der Waals surface area contributed by atoms with E-state index in [1.165, 1.54) is 27.7 Å². The molecule has 0 bridgehead atoms. The van der Waals surface area contributed by atoms with Gasteiger partial charge in [0.25, 0.3) is 0 Å². The maximum absolute atomic E-state index is 5.86. The number of fused-ring (bicyclic) bond motifs is 3. The van der Waals surface area contributed by atoms with Crippen LogP contribution in [0.1, 0.15) is 16.8 Å². The Hall–Kier alpha value is -1.48. The molecule has 0 saturated heterocycles. The quantitative estimate of drug-likeness (QED) is 0.746. The number of aryl methyl sites for hydroxylation is 1. The lowest BCUT2D eigenvalue weighted by atomic mass is 10.0. The SMILES string of the molecule is Cc1ccc2c3c(n4c2c1OCC4)CCNC3. The fraction of sp³-hybridized carbons (Fsp3) is 0.429. The highest BCUT2D eigenvalue weighted by atomic mass is 16.5. The molecule has 88 valence electrons. The Morgan fingerprint density at radius 1 is 1.35 bits per heavy atom. The molecule has 3 heteroatoms. The zero-order valence-electron chi connectivity index (χ0n) is 10.0. The number of hydrogen-bond acceptors (Lipinski definition) is 2. The molecular weight excluding hydrogens is 212 g/mol. The molecule has 0 aliphatic carbocycles. The van der Waals surface area contributed by atoms with Crippen LogP contribution in [0.3, 0.4) is 0 Å². The maximum Gasteiger partial charge on any atom is 0.146 e. The Bertz CT molecular complexity index is 612. The van der Waals surface area contributed by atoms with E-state index in [1.54, 1.807) is 0 Å². The molecule has 2 aliphatic rings. The van der Waals surface area contributed by atoms with Crippen LogP contribution in [0.2, 0.25) is 0 Å². The van der Waals surface area contributed by atoms with Gasteiger partial charge in [0, 0.05) is 30.6 Å². The van der Waals surface area contributed by atoms with Gasteiger partial charge in [0.05, 0.1) is 12.1 Å². The van der Waals surface area contributed by atoms with Crippen molar-refractivity contribution in [1.29, 1.82) is 0 Å². The molecule has 2 aromatic rings. The second-order valence-electron chi connectivity index (χ2n) is 4.96. The number of nitrogens with zero attached hydrogens (tertiary/aromatic N) is 1. The van der Waals surface area contributed by atoms with Crippen LogP contribution in [-0.2, 0) is 19.5 Å². The van der Waals surface area contributed by atoms with Crippen LogP contribution in [0.15, 0.2) is 12.1 Å². The highest BCUT2D eigenvalue weighted by Crippen LogP contribution is 2.38. The fourth-order valence-electron chi connectivity index (χ4n) is 3.21. The zero-order chi connectivity index (χ0) is 11.4. The standard InChI is InChI=1S/C14H16N2O/c1-9-2-3-10-11-8-15-5-4-12(11)16-6-7-17-14(9)13(10)16/h2-3,15H,4-8H2,1H3. The van der Waals surface area contributed by atoms with Crippen LogP contribution >= 0.6 is 0 Å². The molecule has 0 unspecified atom stereocenters. The predicted octanol–water partition coefficient (Wildman–Crippen LogP) is 1.99. The molecule has 1 aromatic carbocycles. The van der Waals surface area contributed by atoms with Crippen LogP contribution in [-0.4, -0.2) is 17.7 Å². The Kier molecular flexibility index (Phi) is 1.83. The lowest BCUT2D eigenvalue weighted by Gasteiger charge is -2.21. The molecule has 0 spiro atoms. The number of ether oxygens (including phenoxy) is 1. The van der Waals surface area contributed by atoms with Crippen molar-refractivity contribution in [3.8, 4) is 5.75 Å². The third kappa shape index (κ3) is 1.15. The predicted molar refractivity (Wildman–Crippen MR) is 67.6 cm³/mol. The van der Waals surface area contributed by atoms with Crippen LogP contribution < -0.4 is 10.1 Å². The number of nitrogens with one attached hydrogen (secondary N) is 1. The van der Waals surface area contributed by atoms with Crippen LogP contribution in [0.4, 0.5) is 0 Å². The molecule has 0 radical (unpaired) electrons. The number of hydrogen-bond donors (Lipinski definition) is 1. The van der Waals surface area contributed by atoms with E-state index in [1.807, 2.05) is 0 Å². The highest BCUT2D eigenvalue weighted by Gasteiger charge is 2.25. The van der Waals surface area contributed by atoms with E-state index in [0.717, 1.165) is 38.4 Å². The van der Waals surface area contributed by atoms with Gasteiger partial charge in [-0.3, -0.25) is 0 Å². The summed E-state index contributed by atoms with van der Waals surface area (Å²) < 4.78 is 8.35. The first-order chi connectivity index (χ1) is 8.36. The van der Waals surface area contributed by atoms with Crippen molar-refractivity contribution in [2.45, 2.75) is 26.4 Å². The van der Waals surface area contributed by atoms with Gasteiger partial charge in [-0.05, 0) is 18.1 Å². The number of aromatic nitrogens is 1. The minimum atomic E-state index is 0.807. The average molecular weight is 228 g/mol. The maximum atomic E-state index is 5.86. The van der Waals surface area contributed by atoms with Crippen molar-refractivity contribution in [3.05, 3.63) is 29.0 Å². The summed E-state index contributed by atoms with van der Waals surface area (Å²) in [4.78, 5) is 0. The Morgan fingerprint density at radius 3 is 3.24 bits per heavy atom. The van der Waals surface area contributed by atoms with Gasteiger partial charge >= 0.3 is 0 Å². The van der Waals surface area contributed by atoms with Crippen molar-refractivity contribution in [1.82, 2.24) is 9.88 Å². The fourth-order valence-corrected chi connectivity index (χ4v) is 3.21. The molecule has 2 aliphatic heterocycles. The van der Waals surface area contributed by atoms with Crippen molar-refractivity contribution in [3.63, 3.8) is 0 Å². The third-order valence-electron chi connectivity index (χ3n) is 4.00. The zero-order valence-corrected chi connectivity index (χ0v) is 10.0. The topological polar surface area (TPSA) is 26.2 Å². The molecular formula is C14H16N2O. The lowest BCUT2D eigenvalue weighted by molar-refractivity contribution is 0.282. The summed E-state index contributed by atoms with van der Waals surface area (Å²) in [5, 5.41) is 4.85. The second-order valence-corrected chi connectivity index (χ2v) is 4.96. The van der Waals surface area contributed by atoms with Crippen molar-refractivity contribution < 1.29 is 4.74 Å². The first-order valence-corrected chi connectivity index (χ1v) is 6.33. The smallest absolute Gasteiger partial charge is 0.146 e. The van der Waals surface area contributed by atoms with E-state index in [4.69, 9.17) is 4.74 Å². The second kappa shape index (κ2) is 3.26. The highest BCUT2D eigenvalue weighted by molar-refractivity contribution is 5.92. The van der Waals surface area contributed by atoms with Crippen molar-refractivity contribution in [2.75, 3.05) is 13.2 Å². The number of rotatable bonds is 0. The molecule has 0 fully saturated rings. The average Bonchev–Trinajstić information content (AvgIpc) is 2.70. The molecule has 1 N–H and O–H groups in total. The first-order valence-electron chi connectivity index (χ1n) is 6.33. The van der Waals surface area contributed by atoms with Crippen LogP contribution in [0.25, 0.3) is 10.9 Å². The minimum Gasteiger partial charge on any atom is -0.489 e. The van der Waals surface area contributed by atoms with Gasteiger partial charge in [-0.1, -0.05) is 12.1 Å². The molecule has 3 nitrogen and oxygen atoms in total. The first kappa shape index (κ1) is 9.54. The van der Waals surface area contributed by atoms with Crippen LogP contribution in [0.5, 0.6) is 5.75 Å². The van der Waals surface area contributed by atoms with Crippen molar-refractivity contribution in [2.24, 2.45) is 0 Å². The van der Waals surface area contributed by atoms with Gasteiger partial charge in [0.1, 0.15) is 12.4 Å². The number of benzene rings is 1. The molecule has 17 heavy (non-hydrogen) atoms. The van der Waals surface area contributed by atoms with E-state index in [2.05, 4.69) is 28.9 Å². The third-order valence-corrected chi connectivity index (χ3v) is 4.00.